The van der Waals surface area contributed by atoms with E-state index in [1.807, 2.05) is 0 Å². The van der Waals surface area contributed by atoms with Crippen molar-refractivity contribution in [3.05, 3.63) is 0 Å². The van der Waals surface area contributed by atoms with Gasteiger partial charge in [-0.05, 0) is 64.8 Å². The van der Waals surface area contributed by atoms with Gasteiger partial charge in [0.25, 0.3) is 0 Å². The van der Waals surface area contributed by atoms with Crippen molar-refractivity contribution >= 4 is 5.91 Å². The van der Waals surface area contributed by atoms with E-state index >= 15 is 0 Å². The highest BCUT2D eigenvalue weighted by Gasteiger charge is 2.53. The van der Waals surface area contributed by atoms with E-state index in [4.69, 9.17) is 0 Å². The van der Waals surface area contributed by atoms with E-state index in [0.717, 1.165) is 12.5 Å². The normalized spacial score (nSPS) is 40.2. The fraction of sp³-hybridized carbons (Fsp3) is 0.941. The lowest BCUT2D eigenvalue weighted by molar-refractivity contribution is -0.138. The summed E-state index contributed by atoms with van der Waals surface area (Å²) in [5.41, 5.74) is 0. The summed E-state index contributed by atoms with van der Waals surface area (Å²) in [5.74, 6) is 1.21. The third kappa shape index (κ3) is 2.50. The van der Waals surface area contributed by atoms with E-state index in [-0.39, 0.29) is 6.04 Å². The van der Waals surface area contributed by atoms with E-state index < -0.39 is 0 Å². The third-order valence-corrected chi connectivity index (χ3v) is 6.05. The van der Waals surface area contributed by atoms with Gasteiger partial charge in [0.05, 0.1) is 0 Å². The molecule has 1 saturated carbocycles. The smallest absolute Gasteiger partial charge is 0.241 e. The average Bonchev–Trinajstić information content (AvgIpc) is 3.37. The van der Waals surface area contributed by atoms with Crippen LogP contribution in [0.25, 0.3) is 0 Å². The van der Waals surface area contributed by atoms with Crippen LogP contribution in [0.15, 0.2) is 0 Å². The maximum atomic E-state index is 12.9. The molecule has 0 aromatic carbocycles. The van der Waals surface area contributed by atoms with Gasteiger partial charge in [0.1, 0.15) is 6.04 Å². The molecule has 4 rings (SSSR count). The molecule has 4 heteroatoms. The van der Waals surface area contributed by atoms with Crippen LogP contribution in [-0.2, 0) is 4.79 Å². The number of fused-ring (bicyclic) bond motifs is 1. The predicted octanol–water partition coefficient (Wildman–Crippen LogP) is 1.60. The molecular weight excluding hydrogens is 262 g/mol. The largest absolute Gasteiger partial charge is 0.337 e. The molecule has 4 aliphatic rings. The molecule has 0 bridgehead atoms. The molecule has 3 saturated heterocycles. The van der Waals surface area contributed by atoms with E-state index in [0.29, 0.717) is 30.1 Å². The van der Waals surface area contributed by atoms with Gasteiger partial charge in [0.2, 0.25) is 5.91 Å². The Kier molecular flexibility index (Phi) is 3.49. The molecule has 0 radical (unpaired) electrons. The fourth-order valence-corrected chi connectivity index (χ4v) is 4.75. The van der Waals surface area contributed by atoms with Crippen LogP contribution in [0.5, 0.6) is 0 Å². The van der Waals surface area contributed by atoms with Gasteiger partial charge in [0.15, 0.2) is 0 Å². The standard InChI is InChI=1S/C17H29N3O/c1-11(2)19-9-3-6-14-13(19)5-4-10-20(14)17(21)16-15(18-16)12-7-8-12/h11-16,18H,3-10H2,1-2H3/t13?,14?,15-,16+/m0/s1. The molecule has 0 aromatic heterocycles. The molecule has 4 nitrogen and oxygen atoms in total. The van der Waals surface area contributed by atoms with E-state index in [9.17, 15) is 4.79 Å². The minimum Gasteiger partial charge on any atom is -0.337 e. The second-order valence-electron chi connectivity index (χ2n) is 7.79. The van der Waals surface area contributed by atoms with Crippen LogP contribution < -0.4 is 5.32 Å². The van der Waals surface area contributed by atoms with Crippen molar-refractivity contribution in [1.29, 1.82) is 0 Å². The monoisotopic (exact) mass is 291 g/mol. The number of hydrogen-bond acceptors (Lipinski definition) is 3. The maximum Gasteiger partial charge on any atom is 0.241 e. The van der Waals surface area contributed by atoms with Crippen molar-refractivity contribution in [3.63, 3.8) is 0 Å². The van der Waals surface area contributed by atoms with Crippen LogP contribution in [0.3, 0.4) is 0 Å². The Hall–Kier alpha value is -0.610. The minimum atomic E-state index is 0.158. The van der Waals surface area contributed by atoms with Gasteiger partial charge in [-0.25, -0.2) is 0 Å². The van der Waals surface area contributed by atoms with Crippen molar-refractivity contribution < 1.29 is 4.79 Å². The second-order valence-corrected chi connectivity index (χ2v) is 7.79. The molecule has 2 unspecified atom stereocenters. The molecule has 3 heterocycles. The number of carbonyl (C=O) groups is 1. The first kappa shape index (κ1) is 14.0. The summed E-state index contributed by atoms with van der Waals surface area (Å²) in [6.45, 7) is 6.80. The van der Waals surface area contributed by atoms with E-state index in [1.165, 1.54) is 45.1 Å². The van der Waals surface area contributed by atoms with Crippen molar-refractivity contribution in [2.24, 2.45) is 5.92 Å². The Bertz CT molecular complexity index is 420. The van der Waals surface area contributed by atoms with Gasteiger partial charge in [-0.3, -0.25) is 15.0 Å². The number of piperidine rings is 2. The zero-order valence-electron chi connectivity index (χ0n) is 13.4. The van der Waals surface area contributed by atoms with Crippen molar-refractivity contribution in [2.45, 2.75) is 82.6 Å². The van der Waals surface area contributed by atoms with Crippen LogP contribution in [0.1, 0.15) is 52.4 Å². The molecule has 1 aliphatic carbocycles. The lowest BCUT2D eigenvalue weighted by atomic mass is 9.86. The topological polar surface area (TPSA) is 45.5 Å². The van der Waals surface area contributed by atoms with Crippen LogP contribution in [0, 0.1) is 5.92 Å². The lowest BCUT2D eigenvalue weighted by Crippen LogP contribution is -2.61. The first-order valence-electron chi connectivity index (χ1n) is 8.99. The maximum absolute atomic E-state index is 12.9. The number of hydrogen-bond donors (Lipinski definition) is 1. The van der Waals surface area contributed by atoms with Gasteiger partial charge < -0.3 is 4.90 Å². The number of nitrogens with zero attached hydrogens (tertiary/aromatic N) is 2. The Labute approximate surface area is 128 Å². The fourth-order valence-electron chi connectivity index (χ4n) is 4.75. The molecule has 0 spiro atoms. The number of amides is 1. The van der Waals surface area contributed by atoms with Crippen molar-refractivity contribution in [2.75, 3.05) is 13.1 Å². The van der Waals surface area contributed by atoms with Crippen molar-refractivity contribution in [3.8, 4) is 0 Å². The number of nitrogens with one attached hydrogen (secondary N) is 1. The van der Waals surface area contributed by atoms with Gasteiger partial charge >= 0.3 is 0 Å². The molecule has 21 heavy (non-hydrogen) atoms. The molecule has 4 fully saturated rings. The Morgan fingerprint density at radius 3 is 2.48 bits per heavy atom. The lowest BCUT2D eigenvalue weighted by Gasteiger charge is -2.50. The Morgan fingerprint density at radius 1 is 1.05 bits per heavy atom. The van der Waals surface area contributed by atoms with Crippen LogP contribution in [-0.4, -0.2) is 59.0 Å². The zero-order chi connectivity index (χ0) is 14.6. The van der Waals surface area contributed by atoms with Crippen LogP contribution in [0.2, 0.25) is 0 Å². The number of rotatable bonds is 3. The quantitative estimate of drug-likeness (QED) is 0.803. The van der Waals surface area contributed by atoms with Crippen LogP contribution in [0.4, 0.5) is 0 Å². The predicted molar refractivity (Wildman–Crippen MR) is 83.0 cm³/mol. The summed E-state index contributed by atoms with van der Waals surface area (Å²) in [5, 5.41) is 3.45. The van der Waals surface area contributed by atoms with Crippen LogP contribution >= 0.6 is 0 Å². The SMILES string of the molecule is CC(C)N1CCCC2C1CCCN2C(=O)[C@@H]1N[C@H]1C1CC1. The summed E-state index contributed by atoms with van der Waals surface area (Å²) >= 11 is 0. The summed E-state index contributed by atoms with van der Waals surface area (Å²) in [6, 6.07) is 2.36. The molecule has 3 aliphatic heterocycles. The highest BCUT2D eigenvalue weighted by atomic mass is 16.2. The highest BCUT2D eigenvalue weighted by molar-refractivity contribution is 5.86. The molecule has 1 N–H and O–H groups in total. The Morgan fingerprint density at radius 2 is 1.76 bits per heavy atom. The first-order chi connectivity index (χ1) is 10.2. The van der Waals surface area contributed by atoms with Crippen molar-refractivity contribution in [1.82, 2.24) is 15.1 Å². The van der Waals surface area contributed by atoms with Gasteiger partial charge in [-0.15, -0.1) is 0 Å². The molecule has 118 valence electrons. The van der Waals surface area contributed by atoms with E-state index in [2.05, 4.69) is 29.0 Å². The Balaban J connectivity index is 1.46. The minimum absolute atomic E-state index is 0.158. The van der Waals surface area contributed by atoms with Gasteiger partial charge in [-0.1, -0.05) is 0 Å². The summed E-state index contributed by atoms with van der Waals surface area (Å²) < 4.78 is 0. The molecule has 4 atom stereocenters. The summed E-state index contributed by atoms with van der Waals surface area (Å²) in [7, 11) is 0. The average molecular weight is 291 g/mol. The van der Waals surface area contributed by atoms with E-state index in [1.54, 1.807) is 0 Å². The zero-order valence-corrected chi connectivity index (χ0v) is 13.4. The van der Waals surface area contributed by atoms with Gasteiger partial charge in [-0.2, -0.15) is 0 Å². The molecule has 1 amide bonds. The third-order valence-electron chi connectivity index (χ3n) is 6.05. The number of likely N-dealkylation sites (tertiary alicyclic amines) is 2. The highest BCUT2D eigenvalue weighted by Crippen LogP contribution is 2.41. The number of carbonyl (C=O) groups excluding carboxylic acids is 1. The molecular formula is C17H29N3O. The first-order valence-corrected chi connectivity index (χ1v) is 8.99. The second kappa shape index (κ2) is 5.24. The summed E-state index contributed by atoms with van der Waals surface area (Å²) in [4.78, 5) is 17.8. The molecule has 0 aromatic rings. The van der Waals surface area contributed by atoms with Gasteiger partial charge in [0, 0.05) is 30.7 Å². The summed E-state index contributed by atoms with van der Waals surface area (Å²) in [6.07, 6.45) is 7.56.